The Morgan fingerprint density at radius 1 is 1.00 bits per heavy atom. The largest absolute Gasteiger partial charge is 0.333 e. The summed E-state index contributed by atoms with van der Waals surface area (Å²) in [6, 6.07) is 9.07. The lowest BCUT2D eigenvalue weighted by Gasteiger charge is -2.34. The van der Waals surface area contributed by atoms with Crippen LogP contribution in [0.3, 0.4) is 0 Å². The zero-order valence-corrected chi connectivity index (χ0v) is 17.6. The van der Waals surface area contributed by atoms with Gasteiger partial charge in [0.05, 0.1) is 0 Å². The van der Waals surface area contributed by atoms with Gasteiger partial charge >= 0.3 is 0 Å². The number of aryl methyl sites for hydroxylation is 1. The third kappa shape index (κ3) is 3.61. The van der Waals surface area contributed by atoms with Crippen LogP contribution in [0.4, 0.5) is 0 Å². The number of nitrogens with zero attached hydrogens (tertiary/aromatic N) is 4. The molecule has 3 heterocycles. The van der Waals surface area contributed by atoms with Crippen LogP contribution in [-0.2, 0) is 32.9 Å². The van der Waals surface area contributed by atoms with Gasteiger partial charge in [-0.1, -0.05) is 37.1 Å². The predicted octanol–water partition coefficient (Wildman–Crippen LogP) is 3.35. The van der Waals surface area contributed by atoms with Gasteiger partial charge in [0, 0.05) is 37.4 Å². The van der Waals surface area contributed by atoms with Crippen LogP contribution in [0.25, 0.3) is 0 Å². The van der Waals surface area contributed by atoms with E-state index in [9.17, 15) is 4.79 Å². The van der Waals surface area contributed by atoms with Crippen molar-refractivity contribution in [2.24, 2.45) is 7.05 Å². The Bertz CT molecular complexity index is 894. The molecule has 1 atom stereocenters. The van der Waals surface area contributed by atoms with Crippen molar-refractivity contribution >= 4 is 5.91 Å². The van der Waals surface area contributed by atoms with Crippen molar-refractivity contribution in [2.75, 3.05) is 19.6 Å². The van der Waals surface area contributed by atoms with E-state index in [0.29, 0.717) is 18.3 Å². The van der Waals surface area contributed by atoms with E-state index in [1.807, 2.05) is 16.6 Å². The van der Waals surface area contributed by atoms with Crippen LogP contribution in [0.1, 0.15) is 65.0 Å². The molecule has 1 saturated heterocycles. The van der Waals surface area contributed by atoms with Crippen molar-refractivity contribution in [3.63, 3.8) is 0 Å². The fourth-order valence-corrected chi connectivity index (χ4v) is 5.53. The fourth-order valence-electron chi connectivity index (χ4n) is 5.53. The molecule has 5 heteroatoms. The number of carbonyl (C=O) groups is 1. The zero-order valence-electron chi connectivity index (χ0n) is 17.6. The van der Waals surface area contributed by atoms with Crippen LogP contribution >= 0.6 is 0 Å². The van der Waals surface area contributed by atoms with Crippen molar-refractivity contribution in [1.29, 1.82) is 0 Å². The number of hydrogen-bond acceptors (Lipinski definition) is 3. The zero-order chi connectivity index (χ0) is 19.8. The summed E-state index contributed by atoms with van der Waals surface area (Å²) in [5.41, 5.74) is 5.86. The number of fused-ring (bicyclic) bond motifs is 2. The van der Waals surface area contributed by atoms with E-state index in [-0.39, 0.29) is 5.91 Å². The number of likely N-dealkylation sites (tertiary alicyclic amines) is 1. The van der Waals surface area contributed by atoms with Gasteiger partial charge in [-0.3, -0.25) is 9.48 Å². The number of carbonyl (C=O) groups excluding carboxylic acids is 1. The predicted molar refractivity (Wildman–Crippen MR) is 114 cm³/mol. The van der Waals surface area contributed by atoms with Gasteiger partial charge in [-0.15, -0.1) is 0 Å². The normalized spacial score (nSPS) is 22.7. The molecule has 1 aromatic carbocycles. The van der Waals surface area contributed by atoms with Gasteiger partial charge in [0.15, 0.2) is 5.69 Å². The quantitative estimate of drug-likeness (QED) is 0.787. The summed E-state index contributed by atoms with van der Waals surface area (Å²) in [4.78, 5) is 18.2. The van der Waals surface area contributed by atoms with Crippen molar-refractivity contribution in [3.05, 3.63) is 52.3 Å². The molecule has 0 N–H and O–H groups in total. The highest BCUT2D eigenvalue weighted by atomic mass is 16.2. The van der Waals surface area contributed by atoms with Crippen LogP contribution in [0.5, 0.6) is 0 Å². The van der Waals surface area contributed by atoms with E-state index in [2.05, 4.69) is 29.2 Å². The molecule has 0 bridgehead atoms. The number of aromatic nitrogens is 2. The van der Waals surface area contributed by atoms with Gasteiger partial charge in [0.1, 0.15) is 0 Å². The van der Waals surface area contributed by atoms with Gasteiger partial charge < -0.3 is 9.80 Å². The Hall–Kier alpha value is -2.14. The first-order valence-corrected chi connectivity index (χ1v) is 11.4. The molecule has 2 aliphatic heterocycles. The Balaban J connectivity index is 1.37. The minimum Gasteiger partial charge on any atom is -0.333 e. The molecule has 5 rings (SSSR count). The van der Waals surface area contributed by atoms with Crippen molar-refractivity contribution in [2.45, 2.75) is 64.0 Å². The standard InChI is InChI=1S/C24H32N4O/c1-26-22-11-10-20(27-13-6-2-3-7-14-27)16-21(22)23(25-26)24(29)28-15-12-18-8-4-5-9-19(18)17-28/h4-5,8-9,20H,2-3,6-7,10-17H2,1H3. The second kappa shape index (κ2) is 7.94. The molecule has 1 amide bonds. The number of amides is 1. The molecule has 1 aromatic heterocycles. The molecule has 2 aromatic rings. The Morgan fingerprint density at radius 3 is 2.55 bits per heavy atom. The maximum Gasteiger partial charge on any atom is 0.274 e. The SMILES string of the molecule is Cn1nc(C(=O)N2CCc3ccccc3C2)c2c1CCC(N1CCCCCC1)C2. The topological polar surface area (TPSA) is 41.4 Å². The first kappa shape index (κ1) is 18.9. The van der Waals surface area contributed by atoms with E-state index in [1.165, 1.54) is 67.6 Å². The summed E-state index contributed by atoms with van der Waals surface area (Å²) < 4.78 is 1.97. The summed E-state index contributed by atoms with van der Waals surface area (Å²) in [6.45, 7) is 3.92. The highest BCUT2D eigenvalue weighted by Gasteiger charge is 2.33. The maximum absolute atomic E-state index is 13.5. The van der Waals surface area contributed by atoms with Gasteiger partial charge in [-0.25, -0.2) is 0 Å². The highest BCUT2D eigenvalue weighted by Crippen LogP contribution is 2.30. The average molecular weight is 393 g/mol. The minimum absolute atomic E-state index is 0.118. The molecule has 1 aliphatic carbocycles. The summed E-state index contributed by atoms with van der Waals surface area (Å²) in [5.74, 6) is 0.118. The fraction of sp³-hybridized carbons (Fsp3) is 0.583. The first-order valence-electron chi connectivity index (χ1n) is 11.4. The van der Waals surface area contributed by atoms with Crippen molar-refractivity contribution < 1.29 is 4.79 Å². The van der Waals surface area contributed by atoms with Gasteiger partial charge in [0.25, 0.3) is 5.91 Å². The van der Waals surface area contributed by atoms with Crippen LogP contribution < -0.4 is 0 Å². The number of hydrogen-bond donors (Lipinski definition) is 0. The Morgan fingerprint density at radius 2 is 1.76 bits per heavy atom. The lowest BCUT2D eigenvalue weighted by molar-refractivity contribution is 0.0726. The molecule has 0 spiro atoms. The Kier molecular flexibility index (Phi) is 5.17. The summed E-state index contributed by atoms with van der Waals surface area (Å²) in [5, 5.41) is 4.73. The first-order chi connectivity index (χ1) is 14.2. The third-order valence-electron chi connectivity index (χ3n) is 7.21. The van der Waals surface area contributed by atoms with E-state index in [1.54, 1.807) is 0 Å². The maximum atomic E-state index is 13.5. The summed E-state index contributed by atoms with van der Waals surface area (Å²) in [6.07, 6.45) is 9.50. The lowest BCUT2D eigenvalue weighted by Crippen LogP contribution is -2.41. The van der Waals surface area contributed by atoms with Gasteiger partial charge in [-0.2, -0.15) is 5.10 Å². The highest BCUT2D eigenvalue weighted by molar-refractivity contribution is 5.94. The summed E-state index contributed by atoms with van der Waals surface area (Å²) in [7, 11) is 2.01. The molecule has 0 saturated carbocycles. The number of benzene rings is 1. The van der Waals surface area contributed by atoms with E-state index < -0.39 is 0 Å². The molecule has 5 nitrogen and oxygen atoms in total. The van der Waals surface area contributed by atoms with E-state index >= 15 is 0 Å². The smallest absolute Gasteiger partial charge is 0.274 e. The summed E-state index contributed by atoms with van der Waals surface area (Å²) >= 11 is 0. The molecule has 1 fully saturated rings. The van der Waals surface area contributed by atoms with Crippen molar-refractivity contribution in [3.8, 4) is 0 Å². The second-order valence-electron chi connectivity index (χ2n) is 8.99. The van der Waals surface area contributed by atoms with Crippen LogP contribution in [-0.4, -0.2) is 51.2 Å². The minimum atomic E-state index is 0.118. The van der Waals surface area contributed by atoms with Crippen LogP contribution in [0, 0.1) is 0 Å². The lowest BCUT2D eigenvalue weighted by atomic mass is 9.89. The van der Waals surface area contributed by atoms with Crippen molar-refractivity contribution in [1.82, 2.24) is 19.6 Å². The molecule has 1 unspecified atom stereocenters. The molecule has 3 aliphatic rings. The monoisotopic (exact) mass is 392 g/mol. The molecule has 0 radical (unpaired) electrons. The molecule has 29 heavy (non-hydrogen) atoms. The molecular formula is C24H32N4O. The number of rotatable bonds is 2. The van der Waals surface area contributed by atoms with Crippen LogP contribution in [0.15, 0.2) is 24.3 Å². The molecular weight excluding hydrogens is 360 g/mol. The van der Waals surface area contributed by atoms with E-state index in [4.69, 9.17) is 5.10 Å². The average Bonchev–Trinajstić information content (AvgIpc) is 2.93. The molecule has 154 valence electrons. The second-order valence-corrected chi connectivity index (χ2v) is 8.99. The van der Waals surface area contributed by atoms with Gasteiger partial charge in [-0.05, 0) is 62.7 Å². The Labute approximate surface area is 173 Å². The van der Waals surface area contributed by atoms with Gasteiger partial charge in [0.2, 0.25) is 0 Å². The van der Waals surface area contributed by atoms with Crippen LogP contribution in [0.2, 0.25) is 0 Å². The third-order valence-corrected chi connectivity index (χ3v) is 7.21. The van der Waals surface area contributed by atoms with E-state index in [0.717, 1.165) is 25.8 Å².